The van der Waals surface area contributed by atoms with Gasteiger partial charge in [-0.15, -0.1) is 0 Å². The van der Waals surface area contributed by atoms with Gasteiger partial charge in [0.05, 0.1) is 25.8 Å². The molecule has 0 fully saturated rings. The van der Waals surface area contributed by atoms with Crippen molar-refractivity contribution in [3.05, 3.63) is 63.2 Å². The van der Waals surface area contributed by atoms with Crippen molar-refractivity contribution in [3.63, 3.8) is 0 Å². The summed E-state index contributed by atoms with van der Waals surface area (Å²) < 4.78 is 39.9. The Morgan fingerprint density at radius 2 is 1.93 bits per heavy atom. The van der Waals surface area contributed by atoms with E-state index in [0.29, 0.717) is 16.9 Å². The fourth-order valence-corrected chi connectivity index (χ4v) is 5.03. The van der Waals surface area contributed by atoms with Gasteiger partial charge in [0.25, 0.3) is 5.69 Å². The number of carbonyl (C=O) groups is 1. The molecule has 0 aliphatic carbocycles. The molecule has 3 rings (SSSR count). The van der Waals surface area contributed by atoms with Crippen molar-refractivity contribution in [2.75, 3.05) is 5.75 Å². The summed E-state index contributed by atoms with van der Waals surface area (Å²) in [6.45, 7) is 2.24. The molecule has 0 bridgehead atoms. The van der Waals surface area contributed by atoms with Gasteiger partial charge in [-0.05, 0) is 37.3 Å². The van der Waals surface area contributed by atoms with Gasteiger partial charge in [-0.3, -0.25) is 14.9 Å². The molecule has 0 aliphatic heterocycles. The van der Waals surface area contributed by atoms with E-state index in [1.54, 1.807) is 10.6 Å². The Balaban J connectivity index is 1.86. The second-order valence-corrected chi connectivity index (χ2v) is 9.18. The van der Waals surface area contributed by atoms with Crippen molar-refractivity contribution < 1.29 is 22.5 Å². The molecule has 0 radical (unpaired) electrons. The Morgan fingerprint density at radius 1 is 1.24 bits per heavy atom. The lowest BCUT2D eigenvalue weighted by molar-refractivity contribution is -0.384. The number of amides is 1. The van der Waals surface area contributed by atoms with Gasteiger partial charge in [-0.25, -0.2) is 12.8 Å². The van der Waals surface area contributed by atoms with Crippen LogP contribution in [0.25, 0.3) is 10.2 Å². The van der Waals surface area contributed by atoms with E-state index in [0.717, 1.165) is 29.0 Å². The van der Waals surface area contributed by atoms with Gasteiger partial charge < -0.3 is 4.57 Å². The Labute approximate surface area is 169 Å². The summed E-state index contributed by atoms with van der Waals surface area (Å²) in [4.78, 5) is 27.0. The second kappa shape index (κ2) is 8.21. The van der Waals surface area contributed by atoms with Crippen molar-refractivity contribution in [3.8, 4) is 0 Å². The maximum absolute atomic E-state index is 13.0. The van der Waals surface area contributed by atoms with Gasteiger partial charge >= 0.3 is 0 Å². The number of nitrogens with zero attached hydrogens (tertiary/aromatic N) is 3. The molecular weight excluding hydrogens is 421 g/mol. The standard InChI is InChI=1S/C18H16FN3O5S2/c1-2-21-15-11-13(22(24)25)5-8-16(15)28-18(21)20-17(23)9-10-29(26,27)14-6-3-12(19)4-7-14/h3-8,11H,2,9-10H2,1H3. The number of nitro groups is 1. The molecule has 0 N–H and O–H groups in total. The predicted octanol–water partition coefficient (Wildman–Crippen LogP) is 3.06. The van der Waals surface area contributed by atoms with Crippen molar-refractivity contribution in [1.82, 2.24) is 4.57 Å². The maximum atomic E-state index is 13.0. The third-order valence-electron chi connectivity index (χ3n) is 4.17. The van der Waals surface area contributed by atoms with E-state index in [1.807, 2.05) is 6.92 Å². The van der Waals surface area contributed by atoms with Crippen LogP contribution < -0.4 is 4.80 Å². The number of non-ortho nitro benzene ring substituents is 1. The molecule has 1 heterocycles. The molecule has 29 heavy (non-hydrogen) atoms. The molecule has 3 aromatic rings. The quantitative estimate of drug-likeness (QED) is 0.334. The Hall–Kier alpha value is -2.92. The number of nitro benzene ring substituents is 1. The van der Waals surface area contributed by atoms with E-state index in [1.165, 1.54) is 23.5 Å². The van der Waals surface area contributed by atoms with Crippen LogP contribution in [-0.4, -0.2) is 29.6 Å². The molecule has 1 aromatic heterocycles. The highest BCUT2D eigenvalue weighted by molar-refractivity contribution is 7.91. The molecule has 0 unspecified atom stereocenters. The fourth-order valence-electron chi connectivity index (χ4n) is 2.71. The van der Waals surface area contributed by atoms with Crippen LogP contribution in [0.5, 0.6) is 0 Å². The van der Waals surface area contributed by atoms with Gasteiger partial charge in [-0.2, -0.15) is 4.99 Å². The monoisotopic (exact) mass is 437 g/mol. The highest BCUT2D eigenvalue weighted by Gasteiger charge is 2.17. The Kier molecular flexibility index (Phi) is 5.89. The average Bonchev–Trinajstić information content (AvgIpc) is 3.02. The fraction of sp³-hybridized carbons (Fsp3) is 0.222. The maximum Gasteiger partial charge on any atom is 0.271 e. The summed E-state index contributed by atoms with van der Waals surface area (Å²) in [6, 6.07) is 8.76. The van der Waals surface area contributed by atoms with Crippen LogP contribution in [0.4, 0.5) is 10.1 Å². The van der Waals surface area contributed by atoms with E-state index in [9.17, 15) is 27.7 Å². The third kappa shape index (κ3) is 4.57. The van der Waals surface area contributed by atoms with Gasteiger partial charge in [0.15, 0.2) is 14.6 Å². The first-order valence-corrected chi connectivity index (χ1v) is 11.0. The molecular formula is C18H16FN3O5S2. The molecule has 2 aromatic carbocycles. The van der Waals surface area contributed by atoms with Crippen LogP contribution >= 0.6 is 11.3 Å². The number of benzene rings is 2. The van der Waals surface area contributed by atoms with E-state index in [2.05, 4.69) is 4.99 Å². The normalized spacial score (nSPS) is 12.4. The summed E-state index contributed by atoms with van der Waals surface area (Å²) in [6.07, 6.45) is -0.335. The molecule has 0 saturated heterocycles. The van der Waals surface area contributed by atoms with E-state index in [-0.39, 0.29) is 17.0 Å². The third-order valence-corrected chi connectivity index (χ3v) is 6.96. The number of rotatable bonds is 6. The summed E-state index contributed by atoms with van der Waals surface area (Å²) in [5.41, 5.74) is 0.512. The number of hydrogen-bond donors (Lipinski definition) is 0. The van der Waals surface area contributed by atoms with Crippen molar-refractivity contribution in [1.29, 1.82) is 0 Å². The van der Waals surface area contributed by atoms with Gasteiger partial charge in [0.1, 0.15) is 5.82 Å². The first kappa shape index (κ1) is 20.8. The average molecular weight is 437 g/mol. The molecule has 8 nitrogen and oxygen atoms in total. The first-order chi connectivity index (χ1) is 13.7. The number of carbonyl (C=O) groups excluding carboxylic acids is 1. The van der Waals surface area contributed by atoms with Crippen LogP contribution in [0.2, 0.25) is 0 Å². The minimum atomic E-state index is -3.75. The van der Waals surface area contributed by atoms with Gasteiger partial charge in [0.2, 0.25) is 5.91 Å². The molecule has 11 heteroatoms. The predicted molar refractivity (Wildman–Crippen MR) is 106 cm³/mol. The number of hydrogen-bond acceptors (Lipinski definition) is 6. The highest BCUT2D eigenvalue weighted by atomic mass is 32.2. The lowest BCUT2D eigenvalue weighted by atomic mass is 10.3. The number of sulfone groups is 1. The zero-order chi connectivity index (χ0) is 21.2. The minimum Gasteiger partial charge on any atom is -0.316 e. The van der Waals surface area contributed by atoms with Gasteiger partial charge in [0, 0.05) is 25.1 Å². The van der Waals surface area contributed by atoms with Crippen molar-refractivity contribution in [2.24, 2.45) is 4.99 Å². The van der Waals surface area contributed by atoms with Crippen LogP contribution in [0.15, 0.2) is 52.4 Å². The van der Waals surface area contributed by atoms with Gasteiger partial charge in [-0.1, -0.05) is 11.3 Å². The lowest BCUT2D eigenvalue weighted by Gasteiger charge is -2.03. The van der Waals surface area contributed by atoms with Crippen molar-refractivity contribution in [2.45, 2.75) is 24.8 Å². The van der Waals surface area contributed by atoms with Crippen LogP contribution in [0, 0.1) is 15.9 Å². The minimum absolute atomic E-state index is 0.0653. The molecule has 0 aliphatic rings. The van der Waals surface area contributed by atoms with Crippen LogP contribution in [0.1, 0.15) is 13.3 Å². The van der Waals surface area contributed by atoms with Crippen LogP contribution in [-0.2, 0) is 21.2 Å². The number of halogens is 1. The van der Waals surface area contributed by atoms with E-state index in [4.69, 9.17) is 0 Å². The SMILES string of the molecule is CCn1c(=NC(=O)CCS(=O)(=O)c2ccc(F)cc2)sc2ccc([N+](=O)[O-])cc21. The zero-order valence-electron chi connectivity index (χ0n) is 15.2. The molecule has 0 saturated carbocycles. The lowest BCUT2D eigenvalue weighted by Crippen LogP contribution is -2.17. The largest absolute Gasteiger partial charge is 0.316 e. The summed E-state index contributed by atoms with van der Waals surface area (Å²) in [5, 5.41) is 11.0. The Morgan fingerprint density at radius 3 is 2.55 bits per heavy atom. The number of aryl methyl sites for hydroxylation is 1. The highest BCUT2D eigenvalue weighted by Crippen LogP contribution is 2.23. The number of thiazole rings is 1. The summed E-state index contributed by atoms with van der Waals surface area (Å²) in [7, 11) is -3.75. The summed E-state index contributed by atoms with van der Waals surface area (Å²) in [5.74, 6) is -1.63. The molecule has 0 spiro atoms. The summed E-state index contributed by atoms with van der Waals surface area (Å²) >= 11 is 1.19. The van der Waals surface area contributed by atoms with Crippen molar-refractivity contribution >= 4 is 43.0 Å². The Bertz CT molecular complexity index is 1260. The number of aromatic nitrogens is 1. The van der Waals surface area contributed by atoms with E-state index < -0.39 is 32.2 Å². The topological polar surface area (TPSA) is 112 Å². The number of fused-ring (bicyclic) bond motifs is 1. The first-order valence-electron chi connectivity index (χ1n) is 8.55. The molecule has 152 valence electrons. The zero-order valence-corrected chi connectivity index (χ0v) is 16.9. The second-order valence-electron chi connectivity index (χ2n) is 6.07. The smallest absolute Gasteiger partial charge is 0.271 e. The van der Waals surface area contributed by atoms with Crippen LogP contribution in [0.3, 0.4) is 0 Å². The molecule has 1 amide bonds. The molecule has 0 atom stereocenters. The van der Waals surface area contributed by atoms with E-state index >= 15 is 0 Å².